The summed E-state index contributed by atoms with van der Waals surface area (Å²) in [5.41, 5.74) is 2.34. The largest absolute Gasteiger partial charge is 0.492 e. The second-order valence-corrected chi connectivity index (χ2v) is 8.48. The number of rotatable bonds is 8. The van der Waals surface area contributed by atoms with Gasteiger partial charge in [-0.25, -0.2) is 0 Å². The molecule has 0 unspecified atom stereocenters. The van der Waals surface area contributed by atoms with Gasteiger partial charge in [0.1, 0.15) is 5.75 Å². The van der Waals surface area contributed by atoms with E-state index < -0.39 is 0 Å². The van der Waals surface area contributed by atoms with E-state index in [0.717, 1.165) is 5.69 Å². The van der Waals surface area contributed by atoms with Gasteiger partial charge in [-0.1, -0.05) is 50.2 Å². The summed E-state index contributed by atoms with van der Waals surface area (Å²) in [5, 5.41) is 5.81. The minimum absolute atomic E-state index is 0.122. The highest BCUT2D eigenvalue weighted by atomic mass is 32.1. The summed E-state index contributed by atoms with van der Waals surface area (Å²) in [4.78, 5) is 27.6. The maximum Gasteiger partial charge on any atom is 0.261 e. The Hall–Kier alpha value is -3.71. The second kappa shape index (κ2) is 12.0. The Kier molecular flexibility index (Phi) is 8.76. The Bertz CT molecular complexity index is 1150. The number of amides is 2. The van der Waals surface area contributed by atoms with Crippen LogP contribution in [0.1, 0.15) is 41.5 Å². The van der Waals surface area contributed by atoms with Crippen LogP contribution in [0, 0.1) is 5.92 Å². The van der Waals surface area contributed by atoms with Crippen molar-refractivity contribution in [3.8, 4) is 5.75 Å². The van der Waals surface area contributed by atoms with Crippen LogP contribution in [0.3, 0.4) is 0 Å². The second-order valence-electron chi connectivity index (χ2n) is 8.08. The number of hydrogen-bond donors (Lipinski definition) is 2. The normalized spacial score (nSPS) is 10.5. The van der Waals surface area contributed by atoms with Crippen LogP contribution in [0.15, 0.2) is 78.9 Å². The summed E-state index contributed by atoms with van der Waals surface area (Å²) in [6.07, 6.45) is 0. The van der Waals surface area contributed by atoms with Crippen LogP contribution in [0.4, 0.5) is 11.4 Å². The zero-order valence-corrected chi connectivity index (χ0v) is 20.4. The maximum atomic E-state index is 13.1. The molecule has 0 aliphatic carbocycles. The Morgan fingerprint density at radius 1 is 0.971 bits per heavy atom. The zero-order chi connectivity index (χ0) is 24.5. The lowest BCUT2D eigenvalue weighted by Crippen LogP contribution is -2.34. The predicted octanol–water partition coefficient (Wildman–Crippen LogP) is 5.51. The van der Waals surface area contributed by atoms with Crippen LogP contribution in [0.25, 0.3) is 0 Å². The van der Waals surface area contributed by atoms with Crippen molar-refractivity contribution in [1.82, 2.24) is 5.32 Å². The van der Waals surface area contributed by atoms with E-state index >= 15 is 0 Å². The van der Waals surface area contributed by atoms with Gasteiger partial charge < -0.3 is 15.0 Å². The number of para-hydroxylation sites is 2. The zero-order valence-electron chi connectivity index (χ0n) is 19.6. The summed E-state index contributed by atoms with van der Waals surface area (Å²) >= 11 is 5.34. The summed E-state index contributed by atoms with van der Waals surface area (Å²) < 4.78 is 5.76. The standard InChI is InChI=1S/C27H29N3O3S/c1-4-30(22-13-6-5-7-14-22)26(32)20-11-10-12-21(17-20)28-27(34)29-25(31)23-15-8-9-16-24(23)33-18-19(2)3/h5-17,19H,4,18H2,1-3H3,(H2,28,29,31,34). The quantitative estimate of drug-likeness (QED) is 0.420. The lowest BCUT2D eigenvalue weighted by molar-refractivity contribution is 0.0969. The number of ether oxygens (including phenoxy) is 1. The fraction of sp³-hybridized carbons (Fsp3) is 0.222. The number of anilines is 2. The number of thiocarbonyl (C=S) groups is 1. The van der Waals surface area contributed by atoms with Gasteiger partial charge in [-0.05, 0) is 67.5 Å². The van der Waals surface area contributed by atoms with Crippen molar-refractivity contribution < 1.29 is 14.3 Å². The first-order valence-corrected chi connectivity index (χ1v) is 11.6. The first-order valence-electron chi connectivity index (χ1n) is 11.2. The molecule has 176 valence electrons. The third-order valence-corrected chi connectivity index (χ3v) is 5.13. The van der Waals surface area contributed by atoms with E-state index in [4.69, 9.17) is 17.0 Å². The lowest BCUT2D eigenvalue weighted by atomic mass is 10.1. The molecule has 3 rings (SSSR count). The van der Waals surface area contributed by atoms with E-state index in [2.05, 4.69) is 10.6 Å². The van der Waals surface area contributed by atoms with Crippen molar-refractivity contribution in [2.75, 3.05) is 23.4 Å². The summed E-state index contributed by atoms with van der Waals surface area (Å²) in [5.74, 6) is 0.345. The van der Waals surface area contributed by atoms with E-state index in [0.29, 0.717) is 41.6 Å². The van der Waals surface area contributed by atoms with Gasteiger partial charge in [-0.2, -0.15) is 0 Å². The summed E-state index contributed by atoms with van der Waals surface area (Å²) in [6, 6.07) is 23.6. The first kappa shape index (κ1) is 24.9. The Morgan fingerprint density at radius 2 is 1.68 bits per heavy atom. The van der Waals surface area contributed by atoms with E-state index in [1.165, 1.54) is 0 Å². The molecule has 0 aromatic heterocycles. The molecule has 7 heteroatoms. The van der Waals surface area contributed by atoms with Crippen molar-refractivity contribution >= 4 is 40.5 Å². The predicted molar refractivity (Wildman–Crippen MR) is 141 cm³/mol. The highest BCUT2D eigenvalue weighted by Crippen LogP contribution is 2.20. The topological polar surface area (TPSA) is 70.7 Å². The monoisotopic (exact) mass is 475 g/mol. The number of carbonyl (C=O) groups excluding carboxylic acids is 2. The van der Waals surface area contributed by atoms with Crippen molar-refractivity contribution in [1.29, 1.82) is 0 Å². The molecule has 6 nitrogen and oxygen atoms in total. The molecule has 0 saturated carbocycles. The fourth-order valence-corrected chi connectivity index (χ4v) is 3.52. The molecule has 0 aliphatic rings. The van der Waals surface area contributed by atoms with Crippen LogP contribution >= 0.6 is 12.2 Å². The van der Waals surface area contributed by atoms with Crippen LogP contribution in [0.5, 0.6) is 5.75 Å². The molecule has 34 heavy (non-hydrogen) atoms. The molecule has 0 bridgehead atoms. The lowest BCUT2D eigenvalue weighted by Gasteiger charge is -2.21. The number of benzene rings is 3. The van der Waals surface area contributed by atoms with Crippen molar-refractivity contribution in [2.45, 2.75) is 20.8 Å². The average Bonchev–Trinajstić information content (AvgIpc) is 2.84. The van der Waals surface area contributed by atoms with Gasteiger partial charge >= 0.3 is 0 Å². The van der Waals surface area contributed by atoms with Crippen molar-refractivity contribution in [3.63, 3.8) is 0 Å². The SMILES string of the molecule is CCN(C(=O)c1cccc(NC(=S)NC(=O)c2ccccc2OCC(C)C)c1)c1ccccc1. The highest BCUT2D eigenvalue weighted by Gasteiger charge is 2.17. The van der Waals surface area contributed by atoms with Gasteiger partial charge in [-0.3, -0.25) is 14.9 Å². The van der Waals surface area contributed by atoms with E-state index in [1.54, 1.807) is 47.4 Å². The molecular weight excluding hydrogens is 446 g/mol. The van der Waals surface area contributed by atoms with E-state index in [1.807, 2.05) is 57.2 Å². The molecule has 3 aromatic rings. The van der Waals surface area contributed by atoms with Crippen molar-refractivity contribution in [2.24, 2.45) is 5.92 Å². The molecular formula is C27H29N3O3S. The minimum atomic E-state index is -0.370. The molecule has 0 heterocycles. The van der Waals surface area contributed by atoms with E-state index in [9.17, 15) is 9.59 Å². The third kappa shape index (κ3) is 6.65. The molecule has 0 spiro atoms. The van der Waals surface area contributed by atoms with Crippen LogP contribution < -0.4 is 20.3 Å². The smallest absolute Gasteiger partial charge is 0.261 e. The van der Waals surface area contributed by atoms with Crippen LogP contribution in [-0.2, 0) is 0 Å². The summed E-state index contributed by atoms with van der Waals surface area (Å²) in [6.45, 7) is 7.06. The van der Waals surface area contributed by atoms with Gasteiger partial charge in [0.2, 0.25) is 0 Å². The highest BCUT2D eigenvalue weighted by molar-refractivity contribution is 7.80. The molecule has 0 atom stereocenters. The molecule has 2 N–H and O–H groups in total. The number of carbonyl (C=O) groups is 2. The molecule has 2 amide bonds. The van der Waals surface area contributed by atoms with Crippen LogP contribution in [-0.4, -0.2) is 30.1 Å². The van der Waals surface area contributed by atoms with Gasteiger partial charge in [0.05, 0.1) is 12.2 Å². The Balaban J connectivity index is 1.68. The Labute approximate surface area is 205 Å². The van der Waals surface area contributed by atoms with Gasteiger partial charge in [-0.15, -0.1) is 0 Å². The molecule has 0 radical (unpaired) electrons. The fourth-order valence-electron chi connectivity index (χ4n) is 3.31. The van der Waals surface area contributed by atoms with Crippen molar-refractivity contribution in [3.05, 3.63) is 90.0 Å². The van der Waals surface area contributed by atoms with E-state index in [-0.39, 0.29) is 16.9 Å². The third-order valence-electron chi connectivity index (χ3n) is 4.93. The van der Waals surface area contributed by atoms with Crippen LogP contribution in [0.2, 0.25) is 0 Å². The molecule has 3 aromatic carbocycles. The minimum Gasteiger partial charge on any atom is -0.492 e. The first-order chi connectivity index (χ1) is 16.4. The maximum absolute atomic E-state index is 13.1. The van der Waals surface area contributed by atoms with Gasteiger partial charge in [0, 0.05) is 23.5 Å². The molecule has 0 aliphatic heterocycles. The van der Waals surface area contributed by atoms with Gasteiger partial charge in [0.15, 0.2) is 5.11 Å². The average molecular weight is 476 g/mol. The number of nitrogens with one attached hydrogen (secondary N) is 2. The molecule has 0 fully saturated rings. The van der Waals surface area contributed by atoms with Gasteiger partial charge in [0.25, 0.3) is 11.8 Å². The Morgan fingerprint density at radius 3 is 2.38 bits per heavy atom. The number of nitrogens with zero attached hydrogens (tertiary/aromatic N) is 1. The molecule has 0 saturated heterocycles. The summed E-state index contributed by atoms with van der Waals surface area (Å²) in [7, 11) is 0. The number of hydrogen-bond acceptors (Lipinski definition) is 4.